The van der Waals surface area contributed by atoms with E-state index in [0.29, 0.717) is 18.4 Å². The predicted molar refractivity (Wildman–Crippen MR) is 85.8 cm³/mol. The zero-order valence-corrected chi connectivity index (χ0v) is 12.8. The molecule has 1 aliphatic rings. The van der Waals surface area contributed by atoms with Crippen LogP contribution in [-0.4, -0.2) is 27.0 Å². The van der Waals surface area contributed by atoms with Gasteiger partial charge in [0.2, 0.25) is 0 Å². The van der Waals surface area contributed by atoms with Crippen LogP contribution < -0.4 is 5.56 Å². The first kappa shape index (κ1) is 14.6. The van der Waals surface area contributed by atoms with Crippen LogP contribution in [0, 0.1) is 5.92 Å². The van der Waals surface area contributed by atoms with E-state index in [1.165, 1.54) is 19.3 Å². The smallest absolute Gasteiger partial charge is 0.262 e. The molecule has 112 valence electrons. The number of aliphatic hydroxyl groups excluding tert-OH is 1. The lowest BCUT2D eigenvalue weighted by molar-refractivity contribution is 0.276. The van der Waals surface area contributed by atoms with Gasteiger partial charge in [0.05, 0.1) is 10.9 Å². The second kappa shape index (κ2) is 6.62. The van der Waals surface area contributed by atoms with Crippen LogP contribution in [0.3, 0.4) is 0 Å². The lowest BCUT2D eigenvalue weighted by Crippen LogP contribution is -2.24. The zero-order chi connectivity index (χ0) is 14.7. The summed E-state index contributed by atoms with van der Waals surface area (Å²) in [6.45, 7) is 0.617. The highest BCUT2D eigenvalue weighted by molar-refractivity contribution is 7.99. The standard InChI is InChI=1S/C16H20N2O2S/c19-10-4-9-18-15(20)13-7-1-2-8-14(13)17-16(18)21-11-12-5-3-6-12/h1-2,7-8,12,19H,3-6,9-11H2. The van der Waals surface area contributed by atoms with Crippen molar-refractivity contribution in [3.05, 3.63) is 34.6 Å². The van der Waals surface area contributed by atoms with Crippen molar-refractivity contribution >= 4 is 22.7 Å². The Balaban J connectivity index is 1.95. The molecule has 4 nitrogen and oxygen atoms in total. The predicted octanol–water partition coefficient (Wildman–Crippen LogP) is 2.67. The summed E-state index contributed by atoms with van der Waals surface area (Å²) in [5.41, 5.74) is 0.768. The zero-order valence-electron chi connectivity index (χ0n) is 12.0. The molecular weight excluding hydrogens is 284 g/mol. The average molecular weight is 304 g/mol. The maximum Gasteiger partial charge on any atom is 0.262 e. The van der Waals surface area contributed by atoms with Gasteiger partial charge in [0, 0.05) is 18.9 Å². The van der Waals surface area contributed by atoms with Crippen molar-refractivity contribution in [3.63, 3.8) is 0 Å². The second-order valence-electron chi connectivity index (χ2n) is 5.55. The van der Waals surface area contributed by atoms with Crippen LogP contribution in [0.4, 0.5) is 0 Å². The first-order valence-electron chi connectivity index (χ1n) is 7.53. The molecule has 1 N–H and O–H groups in total. The second-order valence-corrected chi connectivity index (χ2v) is 6.54. The number of rotatable bonds is 6. The highest BCUT2D eigenvalue weighted by Gasteiger charge is 2.19. The summed E-state index contributed by atoms with van der Waals surface area (Å²) in [6, 6.07) is 7.48. The highest BCUT2D eigenvalue weighted by atomic mass is 32.2. The number of nitrogens with zero attached hydrogens (tertiary/aromatic N) is 2. The van der Waals surface area contributed by atoms with Crippen molar-refractivity contribution < 1.29 is 5.11 Å². The number of thioether (sulfide) groups is 1. The quantitative estimate of drug-likeness (QED) is 0.658. The van der Waals surface area contributed by atoms with Gasteiger partial charge in [0.1, 0.15) is 0 Å². The fourth-order valence-corrected chi connectivity index (χ4v) is 3.75. The molecule has 3 rings (SSSR count). The van der Waals surface area contributed by atoms with Crippen LogP contribution in [0.25, 0.3) is 10.9 Å². The largest absolute Gasteiger partial charge is 0.396 e. The summed E-state index contributed by atoms with van der Waals surface area (Å²) >= 11 is 1.68. The SMILES string of the molecule is O=c1c2ccccc2nc(SCC2CCC2)n1CCCO. The molecule has 0 bridgehead atoms. The summed E-state index contributed by atoms with van der Waals surface area (Å²) in [5.74, 6) is 1.80. The molecule has 1 aromatic heterocycles. The maximum atomic E-state index is 12.6. The van der Waals surface area contributed by atoms with E-state index in [-0.39, 0.29) is 12.2 Å². The van der Waals surface area contributed by atoms with Crippen LogP contribution in [0.2, 0.25) is 0 Å². The number of para-hydroxylation sites is 1. The lowest BCUT2D eigenvalue weighted by atomic mass is 9.87. The molecule has 1 aliphatic carbocycles. The number of benzene rings is 1. The molecule has 1 heterocycles. The van der Waals surface area contributed by atoms with Gasteiger partial charge in [-0.2, -0.15) is 0 Å². The molecular formula is C16H20N2O2S. The fraction of sp³-hybridized carbons (Fsp3) is 0.500. The molecule has 0 spiro atoms. The van der Waals surface area contributed by atoms with E-state index in [0.717, 1.165) is 22.3 Å². The van der Waals surface area contributed by atoms with E-state index in [4.69, 9.17) is 5.11 Å². The first-order chi connectivity index (χ1) is 10.3. The Morgan fingerprint density at radius 2 is 2.14 bits per heavy atom. The van der Waals surface area contributed by atoms with Crippen LogP contribution >= 0.6 is 11.8 Å². The van der Waals surface area contributed by atoms with Gasteiger partial charge < -0.3 is 5.11 Å². The van der Waals surface area contributed by atoms with E-state index < -0.39 is 0 Å². The van der Waals surface area contributed by atoms with Crippen LogP contribution in [0.15, 0.2) is 34.2 Å². The van der Waals surface area contributed by atoms with E-state index in [1.54, 1.807) is 16.3 Å². The minimum absolute atomic E-state index is 0.00478. The van der Waals surface area contributed by atoms with Crippen molar-refractivity contribution in [1.29, 1.82) is 0 Å². The highest BCUT2D eigenvalue weighted by Crippen LogP contribution is 2.32. The van der Waals surface area contributed by atoms with Crippen LogP contribution in [0.1, 0.15) is 25.7 Å². The fourth-order valence-electron chi connectivity index (χ4n) is 2.54. The first-order valence-corrected chi connectivity index (χ1v) is 8.51. The summed E-state index contributed by atoms with van der Waals surface area (Å²) in [4.78, 5) is 17.3. The third-order valence-corrected chi connectivity index (χ3v) is 5.25. The number of hydrogen-bond acceptors (Lipinski definition) is 4. The van der Waals surface area contributed by atoms with Crippen molar-refractivity contribution in [2.24, 2.45) is 5.92 Å². The van der Waals surface area contributed by atoms with Gasteiger partial charge in [-0.25, -0.2) is 4.98 Å². The Morgan fingerprint density at radius 1 is 1.33 bits per heavy atom. The molecule has 0 amide bonds. The Hall–Kier alpha value is -1.33. The van der Waals surface area contributed by atoms with Crippen LogP contribution in [0.5, 0.6) is 0 Å². The summed E-state index contributed by atoms with van der Waals surface area (Å²) < 4.78 is 1.72. The molecule has 1 fully saturated rings. The topological polar surface area (TPSA) is 55.1 Å². The number of aliphatic hydroxyl groups is 1. The minimum atomic E-state index is 0.00478. The molecule has 1 aromatic carbocycles. The van der Waals surface area contributed by atoms with Gasteiger partial charge >= 0.3 is 0 Å². The normalized spacial score (nSPS) is 15.3. The molecule has 0 atom stereocenters. The molecule has 0 unspecified atom stereocenters. The molecule has 1 saturated carbocycles. The number of aromatic nitrogens is 2. The van der Waals surface area contributed by atoms with Crippen molar-refractivity contribution in [1.82, 2.24) is 9.55 Å². The molecule has 0 aliphatic heterocycles. The number of hydrogen-bond donors (Lipinski definition) is 1. The Labute approximate surface area is 128 Å². The third-order valence-electron chi connectivity index (χ3n) is 4.04. The van der Waals surface area contributed by atoms with E-state index in [1.807, 2.05) is 24.3 Å². The lowest BCUT2D eigenvalue weighted by Gasteiger charge is -2.25. The third kappa shape index (κ3) is 3.14. The minimum Gasteiger partial charge on any atom is -0.396 e. The van der Waals surface area contributed by atoms with Gasteiger partial charge in [-0.3, -0.25) is 9.36 Å². The summed E-state index contributed by atoms with van der Waals surface area (Å²) in [6.07, 6.45) is 4.49. The van der Waals surface area contributed by atoms with E-state index >= 15 is 0 Å². The molecule has 0 radical (unpaired) electrons. The van der Waals surface area contributed by atoms with Crippen molar-refractivity contribution in [3.8, 4) is 0 Å². The molecule has 0 saturated heterocycles. The Kier molecular flexibility index (Phi) is 4.60. The molecule has 21 heavy (non-hydrogen) atoms. The Morgan fingerprint density at radius 3 is 2.86 bits per heavy atom. The summed E-state index contributed by atoms with van der Waals surface area (Å²) in [7, 11) is 0. The van der Waals surface area contributed by atoms with Gasteiger partial charge in [-0.15, -0.1) is 0 Å². The van der Waals surface area contributed by atoms with Crippen LogP contribution in [-0.2, 0) is 6.54 Å². The Bertz CT molecular complexity index is 680. The monoisotopic (exact) mass is 304 g/mol. The van der Waals surface area contributed by atoms with Crippen molar-refractivity contribution in [2.75, 3.05) is 12.4 Å². The van der Waals surface area contributed by atoms with Gasteiger partial charge in [0.25, 0.3) is 5.56 Å². The molecule has 5 heteroatoms. The maximum absolute atomic E-state index is 12.6. The van der Waals surface area contributed by atoms with Gasteiger partial charge in [0.15, 0.2) is 5.16 Å². The average Bonchev–Trinajstić information content (AvgIpc) is 2.45. The number of fused-ring (bicyclic) bond motifs is 1. The van der Waals surface area contributed by atoms with E-state index in [9.17, 15) is 4.79 Å². The van der Waals surface area contributed by atoms with Crippen molar-refractivity contribution in [2.45, 2.75) is 37.4 Å². The van der Waals surface area contributed by atoms with Gasteiger partial charge in [-0.1, -0.05) is 30.3 Å². The van der Waals surface area contributed by atoms with Gasteiger partial charge in [-0.05, 0) is 37.3 Å². The summed E-state index contributed by atoms with van der Waals surface area (Å²) in [5, 5.41) is 10.5. The van der Waals surface area contributed by atoms with E-state index in [2.05, 4.69) is 4.98 Å². The molecule has 2 aromatic rings.